The first-order valence-electron chi connectivity index (χ1n) is 4.90. The molecular weight excluding hydrogens is 276 g/mol. The van der Waals surface area contributed by atoms with Crippen LogP contribution in [0.4, 0.5) is 0 Å². The largest absolute Gasteiger partial charge is 0.496 e. The van der Waals surface area contributed by atoms with Gasteiger partial charge in [0.2, 0.25) is 0 Å². The average molecular weight is 284 g/mol. The lowest BCUT2D eigenvalue weighted by Gasteiger charge is -2.13. The van der Waals surface area contributed by atoms with Gasteiger partial charge in [0.1, 0.15) is 11.3 Å². The van der Waals surface area contributed by atoms with Gasteiger partial charge >= 0.3 is 23.9 Å². The highest BCUT2D eigenvalue weighted by Crippen LogP contribution is 2.29. The lowest BCUT2D eigenvalue weighted by Crippen LogP contribution is -2.20. The van der Waals surface area contributed by atoms with E-state index in [0.717, 1.165) is 7.11 Å². The summed E-state index contributed by atoms with van der Waals surface area (Å²) in [6.07, 6.45) is 0. The number of carboxylic acid groups (broad SMARTS) is 4. The SMILES string of the molecule is COc1cc(C(=O)O)c(C(=O)O)c(C(=O)O)c1C(=O)O. The maximum atomic E-state index is 11.1. The zero-order valence-corrected chi connectivity index (χ0v) is 9.91. The molecule has 9 heteroatoms. The van der Waals surface area contributed by atoms with Crippen LogP contribution in [0.15, 0.2) is 6.07 Å². The van der Waals surface area contributed by atoms with Crippen LogP contribution < -0.4 is 4.74 Å². The fraction of sp³-hybridized carbons (Fsp3) is 0.0909. The Hall–Kier alpha value is -3.10. The Labute approximate surface area is 110 Å². The Kier molecular flexibility index (Phi) is 3.94. The summed E-state index contributed by atoms with van der Waals surface area (Å²) in [5, 5.41) is 35.8. The molecule has 0 aliphatic heterocycles. The highest BCUT2D eigenvalue weighted by atomic mass is 16.5. The molecule has 0 amide bonds. The molecule has 4 N–H and O–H groups in total. The van der Waals surface area contributed by atoms with Crippen LogP contribution in [-0.2, 0) is 0 Å². The van der Waals surface area contributed by atoms with Crippen molar-refractivity contribution in [2.75, 3.05) is 7.11 Å². The Balaban J connectivity index is 4.02. The van der Waals surface area contributed by atoms with Crippen molar-refractivity contribution in [1.29, 1.82) is 0 Å². The van der Waals surface area contributed by atoms with Crippen LogP contribution in [0.25, 0.3) is 0 Å². The van der Waals surface area contributed by atoms with E-state index in [0.29, 0.717) is 6.07 Å². The molecule has 9 nitrogen and oxygen atoms in total. The highest BCUT2D eigenvalue weighted by molar-refractivity contribution is 6.15. The molecule has 0 bridgehead atoms. The molecule has 106 valence electrons. The molecule has 0 saturated carbocycles. The number of rotatable bonds is 5. The second-order valence-corrected chi connectivity index (χ2v) is 3.47. The Bertz CT molecular complexity index is 629. The van der Waals surface area contributed by atoms with Crippen molar-refractivity contribution in [3.8, 4) is 5.75 Å². The van der Waals surface area contributed by atoms with Crippen LogP contribution in [0.1, 0.15) is 41.4 Å². The Morgan fingerprint density at radius 3 is 1.55 bits per heavy atom. The van der Waals surface area contributed by atoms with Crippen LogP contribution in [0, 0.1) is 0 Å². The normalized spacial score (nSPS) is 9.85. The smallest absolute Gasteiger partial charge is 0.340 e. The maximum Gasteiger partial charge on any atom is 0.340 e. The van der Waals surface area contributed by atoms with Crippen molar-refractivity contribution >= 4 is 23.9 Å². The molecular formula is C11H8O9. The van der Waals surface area contributed by atoms with Crippen LogP contribution in [0.2, 0.25) is 0 Å². The van der Waals surface area contributed by atoms with E-state index in [9.17, 15) is 19.2 Å². The molecule has 0 atom stereocenters. The minimum absolute atomic E-state index is 0.558. The predicted molar refractivity (Wildman–Crippen MR) is 60.8 cm³/mol. The summed E-state index contributed by atoms with van der Waals surface area (Å²) in [5.74, 6) is -7.79. The number of carboxylic acids is 4. The molecule has 0 aliphatic rings. The van der Waals surface area contributed by atoms with Crippen molar-refractivity contribution in [3.05, 3.63) is 28.3 Å². The van der Waals surface area contributed by atoms with Gasteiger partial charge < -0.3 is 25.2 Å². The number of hydrogen-bond acceptors (Lipinski definition) is 5. The Morgan fingerprint density at radius 1 is 0.800 bits per heavy atom. The van der Waals surface area contributed by atoms with Crippen molar-refractivity contribution in [2.45, 2.75) is 0 Å². The fourth-order valence-electron chi connectivity index (χ4n) is 1.64. The topological polar surface area (TPSA) is 158 Å². The van der Waals surface area contributed by atoms with Gasteiger partial charge in [0.05, 0.1) is 23.8 Å². The van der Waals surface area contributed by atoms with Crippen molar-refractivity contribution in [3.63, 3.8) is 0 Å². The molecule has 1 aromatic rings. The molecule has 0 aromatic heterocycles. The molecule has 0 unspecified atom stereocenters. The monoisotopic (exact) mass is 284 g/mol. The molecule has 1 aromatic carbocycles. The minimum Gasteiger partial charge on any atom is -0.496 e. The third-order valence-corrected chi connectivity index (χ3v) is 2.38. The molecule has 0 heterocycles. The number of ether oxygens (including phenoxy) is 1. The fourth-order valence-corrected chi connectivity index (χ4v) is 1.64. The van der Waals surface area contributed by atoms with Crippen LogP contribution in [-0.4, -0.2) is 51.4 Å². The molecule has 0 aliphatic carbocycles. The van der Waals surface area contributed by atoms with Crippen molar-refractivity contribution in [2.24, 2.45) is 0 Å². The number of carbonyl (C=O) groups is 4. The lowest BCUT2D eigenvalue weighted by atomic mass is 9.94. The summed E-state index contributed by atoms with van der Waals surface area (Å²) < 4.78 is 4.62. The van der Waals surface area contributed by atoms with Crippen LogP contribution >= 0.6 is 0 Å². The summed E-state index contributed by atoms with van der Waals surface area (Å²) >= 11 is 0. The Morgan fingerprint density at radius 2 is 1.25 bits per heavy atom. The van der Waals surface area contributed by atoms with E-state index in [4.69, 9.17) is 20.4 Å². The molecule has 0 radical (unpaired) electrons. The van der Waals surface area contributed by atoms with Gasteiger partial charge in [0, 0.05) is 0 Å². The predicted octanol–water partition coefficient (Wildman–Crippen LogP) is 0.488. The number of benzene rings is 1. The molecule has 0 spiro atoms. The number of aromatic carboxylic acids is 4. The highest BCUT2D eigenvalue weighted by Gasteiger charge is 2.32. The van der Waals surface area contributed by atoms with Crippen molar-refractivity contribution < 1.29 is 44.3 Å². The zero-order chi connectivity index (χ0) is 15.6. The summed E-state index contributed by atoms with van der Waals surface area (Å²) in [6.45, 7) is 0. The first-order valence-corrected chi connectivity index (χ1v) is 4.90. The third-order valence-electron chi connectivity index (χ3n) is 2.38. The number of methoxy groups -OCH3 is 1. The quantitative estimate of drug-likeness (QED) is 0.603. The van der Waals surface area contributed by atoms with E-state index in [1.54, 1.807) is 0 Å². The van der Waals surface area contributed by atoms with E-state index in [1.165, 1.54) is 0 Å². The first-order chi connectivity index (χ1) is 9.22. The van der Waals surface area contributed by atoms with Gasteiger partial charge in [0.15, 0.2) is 0 Å². The van der Waals surface area contributed by atoms with Gasteiger partial charge in [-0.3, -0.25) is 0 Å². The zero-order valence-electron chi connectivity index (χ0n) is 9.91. The lowest BCUT2D eigenvalue weighted by molar-refractivity contribution is 0.0617. The van der Waals surface area contributed by atoms with Gasteiger partial charge in [-0.25, -0.2) is 19.2 Å². The van der Waals surface area contributed by atoms with E-state index in [2.05, 4.69) is 4.74 Å². The van der Waals surface area contributed by atoms with Crippen LogP contribution in [0.5, 0.6) is 5.75 Å². The van der Waals surface area contributed by atoms with Gasteiger partial charge in [-0.15, -0.1) is 0 Å². The summed E-state index contributed by atoms with van der Waals surface area (Å²) in [7, 11) is 0.999. The summed E-state index contributed by atoms with van der Waals surface area (Å²) in [6, 6.07) is 0.654. The third kappa shape index (κ3) is 2.36. The van der Waals surface area contributed by atoms with Gasteiger partial charge in [-0.2, -0.15) is 0 Å². The molecule has 1 rings (SSSR count). The maximum absolute atomic E-state index is 11.1. The van der Waals surface area contributed by atoms with E-state index < -0.39 is 51.9 Å². The molecule has 0 fully saturated rings. The standard InChI is InChI=1S/C11H8O9/c1-20-4-2-3(8(12)13)5(9(14)15)7(11(18)19)6(4)10(16)17/h2H,1H3,(H,12,13)(H,14,15)(H,16,17)(H,18,19). The van der Waals surface area contributed by atoms with Gasteiger partial charge in [-0.1, -0.05) is 0 Å². The van der Waals surface area contributed by atoms with E-state index >= 15 is 0 Å². The van der Waals surface area contributed by atoms with Gasteiger partial charge in [0.25, 0.3) is 0 Å². The van der Waals surface area contributed by atoms with Gasteiger partial charge in [-0.05, 0) is 6.07 Å². The van der Waals surface area contributed by atoms with E-state index in [-0.39, 0.29) is 0 Å². The second kappa shape index (κ2) is 5.26. The first kappa shape index (κ1) is 15.0. The van der Waals surface area contributed by atoms with Crippen LogP contribution in [0.3, 0.4) is 0 Å². The second-order valence-electron chi connectivity index (χ2n) is 3.47. The average Bonchev–Trinajstić information content (AvgIpc) is 2.35. The summed E-state index contributed by atoms with van der Waals surface area (Å²) in [4.78, 5) is 44.3. The van der Waals surface area contributed by atoms with E-state index in [1.807, 2.05) is 0 Å². The summed E-state index contributed by atoms with van der Waals surface area (Å²) in [5.41, 5.74) is -4.08. The molecule has 0 saturated heterocycles. The minimum atomic E-state index is -1.89. The number of hydrogen-bond donors (Lipinski definition) is 4. The molecule has 20 heavy (non-hydrogen) atoms. The van der Waals surface area contributed by atoms with Crippen molar-refractivity contribution in [1.82, 2.24) is 0 Å².